The van der Waals surface area contributed by atoms with Crippen molar-refractivity contribution in [2.75, 3.05) is 6.54 Å². The Balaban J connectivity index is 2.12. The molecule has 1 aromatic heterocycles. The number of H-pyrrole nitrogens is 1. The second kappa shape index (κ2) is 12.1. The second-order valence-electron chi connectivity index (χ2n) is 8.63. The lowest BCUT2D eigenvalue weighted by Gasteiger charge is -2.29. The van der Waals surface area contributed by atoms with Crippen LogP contribution in [0.3, 0.4) is 0 Å². The van der Waals surface area contributed by atoms with Crippen molar-refractivity contribution in [3.05, 3.63) is 18.2 Å². The highest BCUT2D eigenvalue weighted by Crippen LogP contribution is 2.20. The van der Waals surface area contributed by atoms with Crippen molar-refractivity contribution in [1.29, 1.82) is 0 Å². The minimum Gasteiger partial charge on any atom is -0.481 e. The predicted octanol–water partition coefficient (Wildman–Crippen LogP) is -1.15. The maximum absolute atomic E-state index is 13.0. The summed E-state index contributed by atoms with van der Waals surface area (Å²) in [6.45, 7) is 3.93. The highest BCUT2D eigenvalue weighted by molar-refractivity contribution is 5.94. The van der Waals surface area contributed by atoms with Crippen LogP contribution in [0, 0.1) is 5.92 Å². The number of aromatic nitrogens is 2. The molecule has 188 valence electrons. The molecule has 1 saturated heterocycles. The van der Waals surface area contributed by atoms with Crippen LogP contribution in [0.2, 0.25) is 0 Å². The average Bonchev–Trinajstić information content (AvgIpc) is 3.46. The Morgan fingerprint density at radius 2 is 1.91 bits per heavy atom. The lowest BCUT2D eigenvalue weighted by molar-refractivity contribution is -0.143. The molecule has 7 N–H and O–H groups in total. The molecule has 0 saturated carbocycles. The first kappa shape index (κ1) is 26.8. The number of likely N-dealkylation sites (tertiary alicyclic amines) is 1. The first-order chi connectivity index (χ1) is 16.0. The number of carboxylic acids is 2. The molecule has 1 aliphatic rings. The van der Waals surface area contributed by atoms with Gasteiger partial charge in [0.15, 0.2) is 0 Å². The van der Waals surface area contributed by atoms with Gasteiger partial charge >= 0.3 is 11.9 Å². The summed E-state index contributed by atoms with van der Waals surface area (Å²) < 4.78 is 0. The summed E-state index contributed by atoms with van der Waals surface area (Å²) in [5.41, 5.74) is 6.43. The van der Waals surface area contributed by atoms with E-state index in [0.717, 1.165) is 0 Å². The van der Waals surface area contributed by atoms with Crippen LogP contribution in [0.25, 0.3) is 0 Å². The third kappa shape index (κ3) is 7.27. The van der Waals surface area contributed by atoms with E-state index >= 15 is 0 Å². The van der Waals surface area contributed by atoms with E-state index < -0.39 is 54.3 Å². The molecule has 13 heteroatoms. The number of carboxylic acid groups (broad SMARTS) is 2. The van der Waals surface area contributed by atoms with Crippen molar-refractivity contribution in [2.45, 2.75) is 70.1 Å². The lowest BCUT2D eigenvalue weighted by atomic mass is 10.0. The number of carbonyl (C=O) groups excluding carboxylic acids is 3. The fourth-order valence-corrected chi connectivity index (χ4v) is 3.67. The smallest absolute Gasteiger partial charge is 0.326 e. The number of imidazole rings is 1. The summed E-state index contributed by atoms with van der Waals surface area (Å²) in [5, 5.41) is 23.4. The number of amides is 3. The van der Waals surface area contributed by atoms with Crippen molar-refractivity contribution in [1.82, 2.24) is 25.5 Å². The number of hydrogen-bond acceptors (Lipinski definition) is 7. The second-order valence-corrected chi connectivity index (χ2v) is 8.63. The van der Waals surface area contributed by atoms with Gasteiger partial charge in [-0.2, -0.15) is 0 Å². The van der Waals surface area contributed by atoms with Crippen molar-refractivity contribution in [3.8, 4) is 0 Å². The molecule has 34 heavy (non-hydrogen) atoms. The molecular weight excluding hydrogens is 448 g/mol. The van der Waals surface area contributed by atoms with Crippen LogP contribution < -0.4 is 16.4 Å². The molecule has 1 aromatic rings. The van der Waals surface area contributed by atoms with E-state index in [2.05, 4.69) is 20.6 Å². The van der Waals surface area contributed by atoms with Crippen LogP contribution in [-0.2, 0) is 30.4 Å². The third-order valence-corrected chi connectivity index (χ3v) is 5.72. The predicted molar refractivity (Wildman–Crippen MR) is 118 cm³/mol. The summed E-state index contributed by atoms with van der Waals surface area (Å²) in [6, 6.07) is -4.26. The molecule has 0 aliphatic carbocycles. The highest BCUT2D eigenvalue weighted by atomic mass is 16.4. The minimum atomic E-state index is -1.33. The Hall–Kier alpha value is -3.48. The average molecular weight is 481 g/mol. The van der Waals surface area contributed by atoms with E-state index in [-0.39, 0.29) is 24.7 Å². The molecule has 4 unspecified atom stereocenters. The fraction of sp³-hybridized carbons (Fsp3) is 0.619. The lowest BCUT2D eigenvalue weighted by Crippen LogP contribution is -2.57. The van der Waals surface area contributed by atoms with Gasteiger partial charge in [-0.1, -0.05) is 13.8 Å². The van der Waals surface area contributed by atoms with E-state index in [1.807, 2.05) is 0 Å². The summed E-state index contributed by atoms with van der Waals surface area (Å²) in [7, 11) is 0. The van der Waals surface area contributed by atoms with Crippen molar-refractivity contribution < 1.29 is 34.2 Å². The summed E-state index contributed by atoms with van der Waals surface area (Å²) in [5.74, 6) is -4.44. The maximum atomic E-state index is 13.0. The molecule has 4 atom stereocenters. The van der Waals surface area contributed by atoms with Crippen LogP contribution in [-0.4, -0.2) is 85.5 Å². The standard InChI is InChI=1S/C21H32N6O7/c1-11(2)17(22)20(32)27-7-3-4-15(27)19(31)25-13(5-6-16(28)29)18(30)26-14(21(33)34)8-12-9-23-10-24-12/h9-11,13-15,17H,3-8,22H2,1-2H3,(H,23,24)(H,25,31)(H,26,30)(H,28,29)(H,33,34). The van der Waals surface area contributed by atoms with Gasteiger partial charge in [0.25, 0.3) is 0 Å². The maximum Gasteiger partial charge on any atom is 0.326 e. The van der Waals surface area contributed by atoms with Crippen LogP contribution >= 0.6 is 0 Å². The molecule has 13 nitrogen and oxygen atoms in total. The Bertz CT molecular complexity index is 888. The van der Waals surface area contributed by atoms with Gasteiger partial charge < -0.3 is 36.5 Å². The number of carbonyl (C=O) groups is 5. The number of nitrogens with two attached hydrogens (primary N) is 1. The van der Waals surface area contributed by atoms with Crippen LogP contribution in [0.4, 0.5) is 0 Å². The topological polar surface area (TPSA) is 208 Å². The highest BCUT2D eigenvalue weighted by Gasteiger charge is 2.38. The summed E-state index contributed by atoms with van der Waals surface area (Å²) >= 11 is 0. The molecule has 2 heterocycles. The van der Waals surface area contributed by atoms with E-state index in [0.29, 0.717) is 25.1 Å². The first-order valence-electron chi connectivity index (χ1n) is 11.1. The van der Waals surface area contributed by atoms with Crippen molar-refractivity contribution in [3.63, 3.8) is 0 Å². The molecule has 1 aliphatic heterocycles. The minimum absolute atomic E-state index is 0.0847. The van der Waals surface area contributed by atoms with E-state index in [1.54, 1.807) is 13.8 Å². The zero-order chi connectivity index (χ0) is 25.4. The normalized spacial score (nSPS) is 18.2. The zero-order valence-electron chi connectivity index (χ0n) is 19.2. The number of nitrogens with zero attached hydrogens (tertiary/aromatic N) is 2. The van der Waals surface area contributed by atoms with E-state index in [9.17, 15) is 29.1 Å². The van der Waals surface area contributed by atoms with Gasteiger partial charge in [0.05, 0.1) is 12.4 Å². The Kier molecular flexibility index (Phi) is 9.54. The molecule has 0 bridgehead atoms. The van der Waals surface area contributed by atoms with Gasteiger partial charge in [-0.15, -0.1) is 0 Å². The molecule has 3 amide bonds. The molecule has 0 radical (unpaired) electrons. The Morgan fingerprint density at radius 3 is 2.47 bits per heavy atom. The molecule has 2 rings (SSSR count). The zero-order valence-corrected chi connectivity index (χ0v) is 19.2. The van der Waals surface area contributed by atoms with Crippen LogP contribution in [0.1, 0.15) is 45.2 Å². The Morgan fingerprint density at radius 1 is 1.21 bits per heavy atom. The van der Waals surface area contributed by atoms with E-state index in [1.165, 1.54) is 17.4 Å². The quantitative estimate of drug-likeness (QED) is 0.213. The van der Waals surface area contributed by atoms with Crippen LogP contribution in [0.15, 0.2) is 12.5 Å². The molecule has 1 fully saturated rings. The summed E-state index contributed by atoms with van der Waals surface area (Å²) in [6.07, 6.45) is 2.96. The SMILES string of the molecule is CC(C)C(N)C(=O)N1CCCC1C(=O)NC(CCC(=O)O)C(=O)NC(Cc1cnc[nH]1)C(=O)O. The third-order valence-electron chi connectivity index (χ3n) is 5.72. The van der Waals surface area contributed by atoms with Gasteiger partial charge in [-0.05, 0) is 25.2 Å². The van der Waals surface area contributed by atoms with Crippen LogP contribution in [0.5, 0.6) is 0 Å². The monoisotopic (exact) mass is 480 g/mol. The van der Waals surface area contributed by atoms with Crippen molar-refractivity contribution >= 4 is 29.7 Å². The largest absolute Gasteiger partial charge is 0.481 e. The van der Waals surface area contributed by atoms with Gasteiger partial charge in [-0.25, -0.2) is 9.78 Å². The number of rotatable bonds is 12. The Labute approximate surface area is 196 Å². The summed E-state index contributed by atoms with van der Waals surface area (Å²) in [4.78, 5) is 69.2. The van der Waals surface area contributed by atoms with Gasteiger partial charge in [0, 0.05) is 31.3 Å². The number of aromatic amines is 1. The van der Waals surface area contributed by atoms with Gasteiger partial charge in [0.1, 0.15) is 18.1 Å². The molecular formula is C21H32N6O7. The van der Waals surface area contributed by atoms with Gasteiger partial charge in [-0.3, -0.25) is 19.2 Å². The van der Waals surface area contributed by atoms with E-state index in [4.69, 9.17) is 10.8 Å². The molecule has 0 spiro atoms. The number of aliphatic carboxylic acids is 2. The number of hydrogen-bond donors (Lipinski definition) is 6. The van der Waals surface area contributed by atoms with Crippen molar-refractivity contribution in [2.24, 2.45) is 11.7 Å². The van der Waals surface area contributed by atoms with Gasteiger partial charge in [0.2, 0.25) is 17.7 Å². The number of nitrogens with one attached hydrogen (secondary N) is 3. The fourth-order valence-electron chi connectivity index (χ4n) is 3.67. The molecule has 0 aromatic carbocycles. The first-order valence-corrected chi connectivity index (χ1v) is 11.1.